The standard InChI is InChI=1S/C13H16FNO.C2HF3O2/c1-13(6-8-15-9-7-13)12(16)10-2-4-11(14)5-3-10;3-2(4,5)1(6)7/h2-5,15H,6-9H2,1H3;(H,6,7). The number of carbonyl (C=O) groups is 2. The Labute approximate surface area is 130 Å². The molecule has 0 aliphatic carbocycles. The Morgan fingerprint density at radius 2 is 1.57 bits per heavy atom. The molecule has 0 saturated carbocycles. The highest BCUT2D eigenvalue weighted by Crippen LogP contribution is 2.32. The summed E-state index contributed by atoms with van der Waals surface area (Å²) < 4.78 is 44.5. The van der Waals surface area contributed by atoms with E-state index in [0.29, 0.717) is 5.56 Å². The zero-order valence-corrected chi connectivity index (χ0v) is 12.4. The van der Waals surface area contributed by atoms with Gasteiger partial charge in [-0.3, -0.25) is 4.79 Å². The van der Waals surface area contributed by atoms with E-state index in [9.17, 15) is 22.4 Å². The van der Waals surface area contributed by atoms with E-state index in [0.717, 1.165) is 25.9 Å². The van der Waals surface area contributed by atoms with Crippen molar-refractivity contribution in [1.82, 2.24) is 5.32 Å². The number of halogens is 4. The first-order chi connectivity index (χ1) is 10.6. The largest absolute Gasteiger partial charge is 0.490 e. The van der Waals surface area contributed by atoms with Crippen LogP contribution in [0.2, 0.25) is 0 Å². The van der Waals surface area contributed by atoms with Gasteiger partial charge in [-0.15, -0.1) is 0 Å². The van der Waals surface area contributed by atoms with Crippen molar-refractivity contribution in [3.05, 3.63) is 35.6 Å². The summed E-state index contributed by atoms with van der Waals surface area (Å²) in [5.41, 5.74) is 0.328. The highest BCUT2D eigenvalue weighted by molar-refractivity contribution is 6.00. The fourth-order valence-electron chi connectivity index (χ4n) is 2.16. The number of rotatable bonds is 2. The molecule has 1 aromatic carbocycles. The van der Waals surface area contributed by atoms with E-state index in [1.807, 2.05) is 6.92 Å². The maximum atomic E-state index is 12.8. The Hall–Kier alpha value is -1.96. The molecule has 4 nitrogen and oxygen atoms in total. The van der Waals surface area contributed by atoms with Crippen molar-refractivity contribution in [2.24, 2.45) is 5.41 Å². The molecule has 0 radical (unpaired) electrons. The lowest BCUT2D eigenvalue weighted by molar-refractivity contribution is -0.192. The lowest BCUT2D eigenvalue weighted by atomic mass is 9.75. The van der Waals surface area contributed by atoms with Gasteiger partial charge in [0, 0.05) is 11.0 Å². The highest BCUT2D eigenvalue weighted by Gasteiger charge is 2.38. The van der Waals surface area contributed by atoms with E-state index in [4.69, 9.17) is 9.90 Å². The fourth-order valence-corrected chi connectivity index (χ4v) is 2.16. The summed E-state index contributed by atoms with van der Waals surface area (Å²) in [5.74, 6) is -2.92. The minimum atomic E-state index is -5.08. The fraction of sp³-hybridized carbons (Fsp3) is 0.467. The zero-order valence-electron chi connectivity index (χ0n) is 12.4. The quantitative estimate of drug-likeness (QED) is 0.644. The van der Waals surface area contributed by atoms with E-state index in [2.05, 4.69) is 5.32 Å². The van der Waals surface area contributed by atoms with Gasteiger partial charge in [0.2, 0.25) is 0 Å². The van der Waals surface area contributed by atoms with Gasteiger partial charge in [-0.05, 0) is 50.2 Å². The summed E-state index contributed by atoms with van der Waals surface area (Å²) >= 11 is 0. The molecular formula is C15H17F4NO3. The second-order valence-electron chi connectivity index (χ2n) is 5.45. The monoisotopic (exact) mass is 335 g/mol. The van der Waals surface area contributed by atoms with E-state index >= 15 is 0 Å². The normalized spacial score (nSPS) is 16.9. The van der Waals surface area contributed by atoms with Crippen molar-refractivity contribution < 1.29 is 32.3 Å². The number of nitrogens with one attached hydrogen (secondary N) is 1. The molecule has 0 bridgehead atoms. The molecule has 2 rings (SSSR count). The van der Waals surface area contributed by atoms with Crippen LogP contribution < -0.4 is 5.32 Å². The van der Waals surface area contributed by atoms with Crippen LogP contribution in [0.15, 0.2) is 24.3 Å². The molecule has 0 spiro atoms. The second kappa shape index (κ2) is 7.54. The molecule has 0 atom stereocenters. The third-order valence-electron chi connectivity index (χ3n) is 3.60. The summed E-state index contributed by atoms with van der Waals surface area (Å²) in [6, 6.07) is 5.84. The molecule has 0 aromatic heterocycles. The molecule has 23 heavy (non-hydrogen) atoms. The summed E-state index contributed by atoms with van der Waals surface area (Å²) in [4.78, 5) is 21.2. The van der Waals surface area contributed by atoms with Crippen LogP contribution in [0.5, 0.6) is 0 Å². The molecule has 1 saturated heterocycles. The number of alkyl halides is 3. The van der Waals surface area contributed by atoms with Gasteiger partial charge in [-0.2, -0.15) is 13.2 Å². The minimum absolute atomic E-state index is 0.133. The Kier molecular flexibility index (Phi) is 6.26. The first-order valence-electron chi connectivity index (χ1n) is 6.87. The van der Waals surface area contributed by atoms with Crippen molar-refractivity contribution in [2.75, 3.05) is 13.1 Å². The lowest BCUT2D eigenvalue weighted by Gasteiger charge is -2.32. The smallest absolute Gasteiger partial charge is 0.475 e. The van der Waals surface area contributed by atoms with Crippen LogP contribution >= 0.6 is 0 Å². The summed E-state index contributed by atoms with van der Waals surface area (Å²) in [6.07, 6.45) is -3.38. The first kappa shape index (κ1) is 19.1. The van der Waals surface area contributed by atoms with Crippen molar-refractivity contribution in [1.29, 1.82) is 0 Å². The number of piperidine rings is 1. The Morgan fingerprint density at radius 3 is 1.96 bits per heavy atom. The molecule has 2 N–H and O–H groups in total. The van der Waals surface area contributed by atoms with Gasteiger partial charge in [0.15, 0.2) is 5.78 Å². The van der Waals surface area contributed by atoms with Crippen LogP contribution in [0, 0.1) is 11.2 Å². The predicted molar refractivity (Wildman–Crippen MR) is 74.6 cm³/mol. The number of hydrogen-bond donors (Lipinski definition) is 2. The topological polar surface area (TPSA) is 66.4 Å². The van der Waals surface area contributed by atoms with Crippen LogP contribution in [0.25, 0.3) is 0 Å². The third-order valence-corrected chi connectivity index (χ3v) is 3.60. The van der Waals surface area contributed by atoms with E-state index in [1.54, 1.807) is 12.1 Å². The van der Waals surface area contributed by atoms with Gasteiger partial charge < -0.3 is 10.4 Å². The van der Waals surface area contributed by atoms with Crippen molar-refractivity contribution >= 4 is 11.8 Å². The van der Waals surface area contributed by atoms with Crippen LogP contribution in [0.1, 0.15) is 30.1 Å². The van der Waals surface area contributed by atoms with Gasteiger partial charge in [0.25, 0.3) is 0 Å². The number of carbonyl (C=O) groups excluding carboxylic acids is 1. The molecule has 0 amide bonds. The van der Waals surface area contributed by atoms with Gasteiger partial charge in [0.05, 0.1) is 0 Å². The number of hydrogen-bond acceptors (Lipinski definition) is 3. The Bertz CT molecular complexity index is 549. The third kappa shape index (κ3) is 5.63. The molecule has 1 aliphatic heterocycles. The molecule has 1 heterocycles. The average molecular weight is 335 g/mol. The Balaban J connectivity index is 0.000000322. The number of ketones is 1. The van der Waals surface area contributed by atoms with E-state index in [1.165, 1.54) is 12.1 Å². The summed E-state index contributed by atoms with van der Waals surface area (Å²) in [7, 11) is 0. The SMILES string of the molecule is CC1(C(=O)c2ccc(F)cc2)CCNCC1.O=C(O)C(F)(F)F. The molecule has 1 aromatic rings. The molecule has 0 unspecified atom stereocenters. The molecule has 128 valence electrons. The van der Waals surface area contributed by atoms with Crippen LogP contribution in [0.3, 0.4) is 0 Å². The number of Topliss-reactive ketones (excluding diaryl/α,β-unsaturated/α-hetero) is 1. The van der Waals surface area contributed by atoms with Gasteiger partial charge >= 0.3 is 12.1 Å². The molecule has 1 fully saturated rings. The number of aliphatic carboxylic acids is 1. The summed E-state index contributed by atoms with van der Waals surface area (Å²) in [5, 5.41) is 10.4. The van der Waals surface area contributed by atoms with Gasteiger partial charge in [-0.1, -0.05) is 6.92 Å². The molecule has 1 aliphatic rings. The van der Waals surface area contributed by atoms with Crippen LogP contribution in [-0.2, 0) is 4.79 Å². The lowest BCUT2D eigenvalue weighted by Crippen LogP contribution is -2.40. The van der Waals surface area contributed by atoms with Crippen molar-refractivity contribution in [2.45, 2.75) is 25.9 Å². The van der Waals surface area contributed by atoms with Crippen molar-refractivity contribution in [3.63, 3.8) is 0 Å². The number of benzene rings is 1. The van der Waals surface area contributed by atoms with E-state index in [-0.39, 0.29) is 17.0 Å². The molecular weight excluding hydrogens is 318 g/mol. The van der Waals surface area contributed by atoms with Crippen LogP contribution in [-0.4, -0.2) is 36.1 Å². The maximum Gasteiger partial charge on any atom is 0.490 e. The predicted octanol–water partition coefficient (Wildman–Crippen LogP) is 3.03. The number of carboxylic acid groups (broad SMARTS) is 1. The number of carboxylic acids is 1. The zero-order chi connectivity index (χ0) is 17.7. The highest BCUT2D eigenvalue weighted by atomic mass is 19.4. The first-order valence-corrected chi connectivity index (χ1v) is 6.87. The van der Waals surface area contributed by atoms with Gasteiger partial charge in [0.1, 0.15) is 5.82 Å². The molecule has 8 heteroatoms. The Morgan fingerprint density at radius 1 is 1.13 bits per heavy atom. The van der Waals surface area contributed by atoms with Gasteiger partial charge in [-0.25, -0.2) is 9.18 Å². The second-order valence-corrected chi connectivity index (χ2v) is 5.45. The maximum absolute atomic E-state index is 12.8. The average Bonchev–Trinajstić information content (AvgIpc) is 2.48. The minimum Gasteiger partial charge on any atom is -0.475 e. The van der Waals surface area contributed by atoms with E-state index < -0.39 is 12.1 Å². The summed E-state index contributed by atoms with van der Waals surface area (Å²) in [6.45, 7) is 3.76. The van der Waals surface area contributed by atoms with Crippen molar-refractivity contribution in [3.8, 4) is 0 Å². The van der Waals surface area contributed by atoms with Crippen LogP contribution in [0.4, 0.5) is 17.6 Å².